The van der Waals surface area contributed by atoms with Crippen LogP contribution < -0.4 is 4.74 Å². The molecule has 1 aromatic carbocycles. The first-order valence-corrected chi connectivity index (χ1v) is 10.3. The van der Waals surface area contributed by atoms with Crippen molar-refractivity contribution in [1.82, 2.24) is 4.90 Å². The van der Waals surface area contributed by atoms with Crippen molar-refractivity contribution in [3.8, 4) is 5.75 Å². The standard InChI is InChI=1S/C23H35NO5/c1-15-13-16(2)19(23(6,7)10-12-25)18(14-15)28-20(26)17-9-8-11-24(17)21(27)29-22(3,4)5/h13-14,17,25H,8-12H2,1-7H3/t17-/m0/s1. The third kappa shape index (κ3) is 5.72. The highest BCUT2D eigenvalue weighted by atomic mass is 16.6. The number of benzene rings is 1. The van der Waals surface area contributed by atoms with Crippen LogP contribution in [0.3, 0.4) is 0 Å². The fourth-order valence-electron chi connectivity index (χ4n) is 4.01. The lowest BCUT2D eigenvalue weighted by Gasteiger charge is -2.30. The Morgan fingerprint density at radius 2 is 1.83 bits per heavy atom. The maximum Gasteiger partial charge on any atom is 0.411 e. The van der Waals surface area contributed by atoms with E-state index in [-0.39, 0.29) is 12.0 Å². The molecule has 1 saturated heterocycles. The van der Waals surface area contributed by atoms with Crippen LogP contribution in [0.4, 0.5) is 4.79 Å². The molecular formula is C23H35NO5. The molecule has 1 atom stereocenters. The predicted octanol–water partition coefficient (Wildman–Crippen LogP) is 4.27. The maximum absolute atomic E-state index is 13.0. The minimum atomic E-state index is -0.653. The molecule has 1 fully saturated rings. The Kier molecular flexibility index (Phi) is 6.99. The van der Waals surface area contributed by atoms with Crippen LogP contribution in [0.5, 0.6) is 5.75 Å². The summed E-state index contributed by atoms with van der Waals surface area (Å²) in [5.41, 5.74) is 1.93. The van der Waals surface area contributed by atoms with Gasteiger partial charge in [-0.3, -0.25) is 4.90 Å². The SMILES string of the molecule is Cc1cc(C)c(C(C)(C)CCO)c(OC(=O)[C@@H]2CCCN2C(=O)OC(C)(C)C)c1. The van der Waals surface area contributed by atoms with Gasteiger partial charge in [-0.1, -0.05) is 19.9 Å². The maximum atomic E-state index is 13.0. The fraction of sp³-hybridized carbons (Fsp3) is 0.652. The van der Waals surface area contributed by atoms with Crippen molar-refractivity contribution in [3.63, 3.8) is 0 Å². The van der Waals surface area contributed by atoms with E-state index in [1.165, 1.54) is 4.90 Å². The minimum absolute atomic E-state index is 0.0444. The minimum Gasteiger partial charge on any atom is -0.444 e. The first kappa shape index (κ1) is 23.2. The number of aryl methyl sites for hydroxylation is 2. The molecule has 1 N–H and O–H groups in total. The van der Waals surface area contributed by atoms with Gasteiger partial charge in [0.05, 0.1) is 0 Å². The Bertz CT molecular complexity index is 763. The van der Waals surface area contributed by atoms with Gasteiger partial charge in [0.1, 0.15) is 17.4 Å². The van der Waals surface area contributed by atoms with E-state index in [0.29, 0.717) is 25.1 Å². The molecule has 0 bridgehead atoms. The van der Waals surface area contributed by atoms with Gasteiger partial charge in [-0.05, 0) is 76.5 Å². The van der Waals surface area contributed by atoms with Crippen molar-refractivity contribution < 1.29 is 24.2 Å². The summed E-state index contributed by atoms with van der Waals surface area (Å²) in [6.45, 7) is 13.9. The summed E-state index contributed by atoms with van der Waals surface area (Å²) in [4.78, 5) is 27.0. The predicted molar refractivity (Wildman–Crippen MR) is 112 cm³/mol. The summed E-state index contributed by atoms with van der Waals surface area (Å²) < 4.78 is 11.3. The lowest BCUT2D eigenvalue weighted by atomic mass is 9.78. The number of carbonyl (C=O) groups excluding carboxylic acids is 2. The van der Waals surface area contributed by atoms with Crippen molar-refractivity contribution >= 4 is 12.1 Å². The molecule has 0 saturated carbocycles. The number of aliphatic hydroxyl groups excluding tert-OH is 1. The van der Waals surface area contributed by atoms with Crippen LogP contribution in [-0.2, 0) is 14.9 Å². The van der Waals surface area contributed by atoms with Crippen LogP contribution >= 0.6 is 0 Å². The molecule has 2 rings (SSSR count). The number of hydrogen-bond donors (Lipinski definition) is 1. The quantitative estimate of drug-likeness (QED) is 0.585. The van der Waals surface area contributed by atoms with Crippen molar-refractivity contribution in [2.75, 3.05) is 13.2 Å². The number of likely N-dealkylation sites (tertiary alicyclic amines) is 1. The summed E-state index contributed by atoms with van der Waals surface area (Å²) in [5, 5.41) is 9.48. The molecule has 0 aliphatic carbocycles. The Hall–Kier alpha value is -2.08. The molecule has 1 heterocycles. The monoisotopic (exact) mass is 405 g/mol. The molecule has 1 aromatic rings. The van der Waals surface area contributed by atoms with Crippen LogP contribution in [0.25, 0.3) is 0 Å². The van der Waals surface area contributed by atoms with Crippen LogP contribution in [0.2, 0.25) is 0 Å². The van der Waals surface area contributed by atoms with E-state index in [4.69, 9.17) is 9.47 Å². The normalized spacial score (nSPS) is 17.4. The molecular weight excluding hydrogens is 370 g/mol. The van der Waals surface area contributed by atoms with E-state index in [0.717, 1.165) is 23.1 Å². The van der Waals surface area contributed by atoms with E-state index in [1.807, 2.05) is 39.8 Å². The van der Waals surface area contributed by atoms with Gasteiger partial charge in [-0.25, -0.2) is 9.59 Å². The van der Waals surface area contributed by atoms with E-state index >= 15 is 0 Å². The lowest BCUT2D eigenvalue weighted by molar-refractivity contribution is -0.139. The van der Waals surface area contributed by atoms with Crippen molar-refractivity contribution in [3.05, 3.63) is 28.8 Å². The van der Waals surface area contributed by atoms with Crippen molar-refractivity contribution in [2.24, 2.45) is 0 Å². The summed E-state index contributed by atoms with van der Waals surface area (Å²) >= 11 is 0. The zero-order valence-corrected chi connectivity index (χ0v) is 18.8. The van der Waals surface area contributed by atoms with Gasteiger partial charge in [-0.15, -0.1) is 0 Å². The van der Waals surface area contributed by atoms with E-state index < -0.39 is 23.7 Å². The zero-order valence-electron chi connectivity index (χ0n) is 18.8. The summed E-state index contributed by atoms with van der Waals surface area (Å²) in [6.07, 6.45) is 1.35. The van der Waals surface area contributed by atoms with Crippen LogP contribution in [0.15, 0.2) is 12.1 Å². The van der Waals surface area contributed by atoms with Gasteiger partial charge in [-0.2, -0.15) is 0 Å². The molecule has 0 aromatic heterocycles. The van der Waals surface area contributed by atoms with Gasteiger partial charge in [0, 0.05) is 18.7 Å². The summed E-state index contributed by atoms with van der Waals surface area (Å²) in [6, 6.07) is 3.25. The number of amides is 1. The van der Waals surface area contributed by atoms with Crippen molar-refractivity contribution in [1.29, 1.82) is 0 Å². The summed E-state index contributed by atoms with van der Waals surface area (Å²) in [7, 11) is 0. The molecule has 1 amide bonds. The fourth-order valence-corrected chi connectivity index (χ4v) is 4.01. The molecule has 6 nitrogen and oxygen atoms in total. The van der Waals surface area contributed by atoms with Gasteiger partial charge in [0.25, 0.3) is 0 Å². The molecule has 6 heteroatoms. The van der Waals surface area contributed by atoms with E-state index in [2.05, 4.69) is 0 Å². The Morgan fingerprint density at radius 3 is 2.41 bits per heavy atom. The molecule has 0 radical (unpaired) electrons. The van der Waals surface area contributed by atoms with E-state index in [1.54, 1.807) is 20.8 Å². The Morgan fingerprint density at radius 1 is 1.17 bits per heavy atom. The zero-order chi connectivity index (χ0) is 22.0. The second-order valence-corrected chi connectivity index (χ2v) is 9.57. The largest absolute Gasteiger partial charge is 0.444 e. The number of hydrogen-bond acceptors (Lipinski definition) is 5. The lowest BCUT2D eigenvalue weighted by Crippen LogP contribution is -2.45. The highest BCUT2D eigenvalue weighted by Gasteiger charge is 2.38. The first-order chi connectivity index (χ1) is 13.4. The number of esters is 1. The number of rotatable bonds is 5. The highest BCUT2D eigenvalue weighted by Crippen LogP contribution is 2.38. The van der Waals surface area contributed by atoms with Crippen LogP contribution in [-0.4, -0.2) is 46.9 Å². The van der Waals surface area contributed by atoms with Crippen LogP contribution in [0.1, 0.15) is 70.6 Å². The first-order valence-electron chi connectivity index (χ1n) is 10.3. The van der Waals surface area contributed by atoms with Crippen molar-refractivity contribution in [2.45, 2.75) is 84.8 Å². The smallest absolute Gasteiger partial charge is 0.411 e. The molecule has 162 valence electrons. The summed E-state index contributed by atoms with van der Waals surface area (Å²) in [5.74, 6) is 0.0568. The second kappa shape index (κ2) is 8.74. The highest BCUT2D eigenvalue weighted by molar-refractivity contribution is 5.84. The van der Waals surface area contributed by atoms with Crippen LogP contribution in [0, 0.1) is 13.8 Å². The van der Waals surface area contributed by atoms with Gasteiger partial charge >= 0.3 is 12.1 Å². The second-order valence-electron chi connectivity index (χ2n) is 9.57. The molecule has 0 unspecified atom stereocenters. The molecule has 1 aliphatic rings. The number of aliphatic hydroxyl groups is 1. The number of carbonyl (C=O) groups is 2. The van der Waals surface area contributed by atoms with Gasteiger partial charge in [0.15, 0.2) is 0 Å². The topological polar surface area (TPSA) is 76.1 Å². The Balaban J connectivity index is 2.29. The average Bonchev–Trinajstić information content (AvgIpc) is 3.01. The number of ether oxygens (including phenoxy) is 2. The van der Waals surface area contributed by atoms with Gasteiger partial charge in [0.2, 0.25) is 0 Å². The number of nitrogens with zero attached hydrogens (tertiary/aromatic N) is 1. The molecule has 0 spiro atoms. The average molecular weight is 406 g/mol. The molecule has 29 heavy (non-hydrogen) atoms. The third-order valence-corrected chi connectivity index (χ3v) is 5.22. The Labute approximate surface area is 174 Å². The third-order valence-electron chi connectivity index (χ3n) is 5.22. The molecule has 1 aliphatic heterocycles. The van der Waals surface area contributed by atoms with Gasteiger partial charge < -0.3 is 14.6 Å². The van der Waals surface area contributed by atoms with E-state index in [9.17, 15) is 14.7 Å².